The lowest BCUT2D eigenvalue weighted by Gasteiger charge is -2.34. The molecule has 0 radical (unpaired) electrons. The van der Waals surface area contributed by atoms with E-state index in [0.717, 1.165) is 19.5 Å². The molecule has 2 atom stereocenters. The Hall–Kier alpha value is -1.84. The van der Waals surface area contributed by atoms with Crippen molar-refractivity contribution in [3.63, 3.8) is 0 Å². The summed E-state index contributed by atoms with van der Waals surface area (Å²) in [6.07, 6.45) is 1.22. The van der Waals surface area contributed by atoms with Gasteiger partial charge in [-0.2, -0.15) is 0 Å². The highest BCUT2D eigenvalue weighted by atomic mass is 32.1. The van der Waals surface area contributed by atoms with Crippen LogP contribution in [0.25, 0.3) is 0 Å². The lowest BCUT2D eigenvalue weighted by Crippen LogP contribution is -2.45. The van der Waals surface area contributed by atoms with Gasteiger partial charge in [0.25, 0.3) is 0 Å². The fourth-order valence-corrected chi connectivity index (χ4v) is 3.75. The molecule has 1 fully saturated rings. The minimum Gasteiger partial charge on any atom is -0.373 e. The van der Waals surface area contributed by atoms with Crippen molar-refractivity contribution in [1.29, 1.82) is 0 Å². The molecule has 1 saturated heterocycles. The summed E-state index contributed by atoms with van der Waals surface area (Å²) in [7, 11) is 0. The van der Waals surface area contributed by atoms with E-state index in [2.05, 4.69) is 45.7 Å². The first-order valence-electron chi connectivity index (χ1n) is 8.52. The minimum absolute atomic E-state index is 0.0752. The van der Waals surface area contributed by atoms with E-state index in [9.17, 15) is 4.79 Å². The molecule has 2 aromatic heterocycles. The fraction of sp³-hybridized carbons (Fsp3) is 0.625. The summed E-state index contributed by atoms with van der Waals surface area (Å²) in [4.78, 5) is 15.7. The Morgan fingerprint density at radius 2 is 2.20 bits per heavy atom. The van der Waals surface area contributed by atoms with Crippen LogP contribution in [0.4, 0.5) is 0 Å². The lowest BCUT2D eigenvalue weighted by molar-refractivity contribution is -0.121. The number of amides is 1. The van der Waals surface area contributed by atoms with Gasteiger partial charge in [0.15, 0.2) is 5.82 Å². The van der Waals surface area contributed by atoms with Crippen molar-refractivity contribution < 1.29 is 9.53 Å². The summed E-state index contributed by atoms with van der Waals surface area (Å²) in [5.41, 5.74) is 0. The predicted molar refractivity (Wildman–Crippen MR) is 94.1 cm³/mol. The summed E-state index contributed by atoms with van der Waals surface area (Å²) < 4.78 is 7.32. The number of thiophene rings is 1. The Balaban J connectivity index is 1.48. The zero-order chi connectivity index (χ0) is 17.6. The molecule has 1 aliphatic rings. The molecular formula is C16H24N6O2S. The van der Waals surface area contributed by atoms with Crippen molar-refractivity contribution in [3.05, 3.63) is 28.2 Å². The monoisotopic (exact) mass is 364 g/mol. The Bertz CT molecular complexity index is 664. The van der Waals surface area contributed by atoms with Crippen LogP contribution in [0.1, 0.15) is 24.5 Å². The number of carbonyl (C=O) groups is 1. The number of nitrogens with zero attached hydrogens (tertiary/aromatic N) is 5. The third kappa shape index (κ3) is 5.32. The maximum atomic E-state index is 12.1. The van der Waals surface area contributed by atoms with Crippen LogP contribution in [0.5, 0.6) is 0 Å². The molecule has 0 unspecified atom stereocenters. The quantitative estimate of drug-likeness (QED) is 0.779. The van der Waals surface area contributed by atoms with Gasteiger partial charge in [-0.25, -0.2) is 4.68 Å². The highest BCUT2D eigenvalue weighted by molar-refractivity contribution is 7.09. The number of carbonyl (C=O) groups excluding carboxylic acids is 1. The minimum atomic E-state index is -0.0752. The zero-order valence-electron chi connectivity index (χ0n) is 14.6. The number of tetrazole rings is 1. The highest BCUT2D eigenvalue weighted by Gasteiger charge is 2.24. The molecule has 8 nitrogen and oxygen atoms in total. The largest absolute Gasteiger partial charge is 0.373 e. The first-order valence-corrected chi connectivity index (χ1v) is 9.40. The number of ether oxygens (including phenoxy) is 1. The first-order chi connectivity index (χ1) is 12.1. The van der Waals surface area contributed by atoms with Crippen molar-refractivity contribution >= 4 is 17.2 Å². The smallest absolute Gasteiger partial charge is 0.241 e. The summed E-state index contributed by atoms with van der Waals surface area (Å²) in [6.45, 7) is 7.18. The van der Waals surface area contributed by atoms with Crippen molar-refractivity contribution in [3.8, 4) is 0 Å². The van der Waals surface area contributed by atoms with Gasteiger partial charge < -0.3 is 10.1 Å². The molecule has 136 valence electrons. The zero-order valence-corrected chi connectivity index (χ0v) is 15.4. The Kier molecular flexibility index (Phi) is 6.11. The van der Waals surface area contributed by atoms with Gasteiger partial charge in [-0.1, -0.05) is 6.07 Å². The molecule has 0 aliphatic carbocycles. The van der Waals surface area contributed by atoms with E-state index in [-0.39, 0.29) is 24.7 Å². The number of rotatable bonds is 7. The van der Waals surface area contributed by atoms with Gasteiger partial charge in [0.1, 0.15) is 6.54 Å². The maximum absolute atomic E-state index is 12.1. The van der Waals surface area contributed by atoms with Crippen molar-refractivity contribution in [1.82, 2.24) is 30.4 Å². The number of nitrogens with one attached hydrogen (secondary N) is 1. The lowest BCUT2D eigenvalue weighted by atomic mass is 10.2. The topological polar surface area (TPSA) is 85.2 Å². The summed E-state index contributed by atoms with van der Waals surface area (Å²) in [5, 5.41) is 16.7. The van der Waals surface area contributed by atoms with Crippen LogP contribution >= 0.6 is 11.3 Å². The molecule has 9 heteroatoms. The van der Waals surface area contributed by atoms with Crippen molar-refractivity contribution in [2.45, 2.75) is 45.6 Å². The highest BCUT2D eigenvalue weighted by Crippen LogP contribution is 2.13. The second-order valence-corrected chi connectivity index (χ2v) is 7.42. The van der Waals surface area contributed by atoms with Gasteiger partial charge in [0.05, 0.1) is 18.8 Å². The van der Waals surface area contributed by atoms with E-state index in [1.165, 1.54) is 4.88 Å². The van der Waals surface area contributed by atoms with Crippen LogP contribution in [0, 0.1) is 0 Å². The third-order valence-electron chi connectivity index (χ3n) is 4.03. The molecule has 25 heavy (non-hydrogen) atoms. The van der Waals surface area contributed by atoms with Gasteiger partial charge in [-0.05, 0) is 42.1 Å². The molecule has 3 rings (SSSR count). The third-order valence-corrected chi connectivity index (χ3v) is 4.97. The number of hydrogen-bond acceptors (Lipinski definition) is 7. The average molecular weight is 364 g/mol. The molecule has 1 amide bonds. The molecular weight excluding hydrogens is 340 g/mol. The van der Waals surface area contributed by atoms with Crippen LogP contribution in [0.15, 0.2) is 17.5 Å². The van der Waals surface area contributed by atoms with Crippen LogP contribution in [0.3, 0.4) is 0 Å². The second-order valence-electron chi connectivity index (χ2n) is 6.38. The van der Waals surface area contributed by atoms with E-state index in [4.69, 9.17) is 4.74 Å². The van der Waals surface area contributed by atoms with Gasteiger partial charge >= 0.3 is 0 Å². The molecule has 1 aliphatic heterocycles. The summed E-state index contributed by atoms with van der Waals surface area (Å²) in [6, 6.07) is 4.09. The Labute approximate surface area is 151 Å². The standard InChI is InChI=1S/C16H24N6O2S/c1-12-8-21(9-13(2)24-12)10-15-18-19-20-22(15)11-16(23)17-6-5-14-4-3-7-25-14/h3-4,7,12-13H,5-6,8-11H2,1-2H3,(H,17,23)/t12-,13+. The molecule has 1 N–H and O–H groups in total. The van der Waals surface area contributed by atoms with E-state index < -0.39 is 0 Å². The SMILES string of the molecule is C[C@@H]1CN(Cc2nnnn2CC(=O)NCCc2cccs2)C[C@H](C)O1. The van der Waals surface area contributed by atoms with Crippen molar-refractivity contribution in [2.24, 2.45) is 0 Å². The van der Waals surface area contributed by atoms with Crippen molar-refractivity contribution in [2.75, 3.05) is 19.6 Å². The molecule has 2 aromatic rings. The molecule has 0 saturated carbocycles. The average Bonchev–Trinajstić information content (AvgIpc) is 3.19. The molecule has 0 bridgehead atoms. The normalized spacial score (nSPS) is 21.4. The molecule has 0 aromatic carbocycles. The number of morpholine rings is 1. The Morgan fingerprint density at radius 1 is 1.40 bits per heavy atom. The molecule has 0 spiro atoms. The maximum Gasteiger partial charge on any atom is 0.241 e. The summed E-state index contributed by atoms with van der Waals surface area (Å²) >= 11 is 1.70. The van der Waals surface area contributed by atoms with Crippen LogP contribution in [-0.2, 0) is 29.0 Å². The number of hydrogen-bond donors (Lipinski definition) is 1. The fourth-order valence-electron chi connectivity index (χ4n) is 3.04. The van der Waals surface area contributed by atoms with E-state index in [1.807, 2.05) is 11.4 Å². The van der Waals surface area contributed by atoms with Crippen LogP contribution in [0.2, 0.25) is 0 Å². The van der Waals surface area contributed by atoms with Crippen LogP contribution in [-0.4, -0.2) is 62.9 Å². The van der Waals surface area contributed by atoms with E-state index >= 15 is 0 Å². The molecule has 3 heterocycles. The van der Waals surface area contributed by atoms with Gasteiger partial charge in [-0.3, -0.25) is 9.69 Å². The van der Waals surface area contributed by atoms with E-state index in [1.54, 1.807) is 16.0 Å². The summed E-state index contributed by atoms with van der Waals surface area (Å²) in [5.74, 6) is 0.628. The van der Waals surface area contributed by atoms with Crippen LogP contribution < -0.4 is 5.32 Å². The predicted octanol–water partition coefficient (Wildman–Crippen LogP) is 0.703. The number of aromatic nitrogens is 4. The van der Waals surface area contributed by atoms with Gasteiger partial charge in [0.2, 0.25) is 5.91 Å². The second kappa shape index (κ2) is 8.50. The first kappa shape index (κ1) is 18.0. The van der Waals surface area contributed by atoms with Gasteiger partial charge in [0, 0.05) is 24.5 Å². The van der Waals surface area contributed by atoms with Gasteiger partial charge in [-0.15, -0.1) is 16.4 Å². The Morgan fingerprint density at radius 3 is 2.92 bits per heavy atom. The van der Waals surface area contributed by atoms with E-state index in [0.29, 0.717) is 18.9 Å².